The highest BCUT2D eigenvalue weighted by atomic mass is 14.9. The van der Waals surface area contributed by atoms with E-state index in [0.717, 1.165) is 22.8 Å². The number of nitrogens with two attached hydrogens (primary N) is 1. The molecule has 0 aliphatic heterocycles. The van der Waals surface area contributed by atoms with Crippen LogP contribution in [-0.4, -0.2) is 16.2 Å². The Morgan fingerprint density at radius 2 is 2.25 bits per heavy atom. The van der Waals surface area contributed by atoms with Gasteiger partial charge in [-0.1, -0.05) is 12.1 Å². The molecule has 0 fully saturated rings. The van der Waals surface area contributed by atoms with Crippen LogP contribution in [0.25, 0.3) is 17.3 Å². The van der Waals surface area contributed by atoms with Gasteiger partial charge < -0.3 is 16.1 Å². The molecule has 1 aromatic carbocycles. The number of benzene rings is 1. The van der Waals surface area contributed by atoms with Crippen molar-refractivity contribution in [1.29, 1.82) is 5.41 Å². The summed E-state index contributed by atoms with van der Waals surface area (Å²) in [6, 6.07) is 7.60. The first kappa shape index (κ1) is 10.2. The van der Waals surface area contributed by atoms with Crippen LogP contribution in [0.1, 0.15) is 5.82 Å². The van der Waals surface area contributed by atoms with E-state index in [1.807, 2.05) is 24.3 Å². The highest BCUT2D eigenvalue weighted by molar-refractivity contribution is 5.75. The molecule has 0 unspecified atom stereocenters. The van der Waals surface area contributed by atoms with E-state index in [4.69, 9.17) is 11.1 Å². The molecule has 0 aliphatic carbocycles. The van der Waals surface area contributed by atoms with Crippen LogP contribution in [0.4, 0.5) is 5.69 Å². The molecule has 0 spiro atoms. The third kappa shape index (κ3) is 2.17. The number of imidazole rings is 1. The predicted molar refractivity (Wildman–Crippen MR) is 66.3 cm³/mol. The zero-order chi connectivity index (χ0) is 11.4. The van der Waals surface area contributed by atoms with Gasteiger partial charge in [0.25, 0.3) is 0 Å². The third-order valence-electron chi connectivity index (χ3n) is 2.14. The molecular weight excluding hydrogens is 200 g/mol. The summed E-state index contributed by atoms with van der Waals surface area (Å²) >= 11 is 0. The SMILES string of the molecule is N=C/C=C\c1ncc(-c2cccc(N)c2)[nH]1. The summed E-state index contributed by atoms with van der Waals surface area (Å²) in [6.45, 7) is 0. The van der Waals surface area contributed by atoms with Crippen molar-refractivity contribution in [2.45, 2.75) is 0 Å². The van der Waals surface area contributed by atoms with E-state index in [-0.39, 0.29) is 0 Å². The Morgan fingerprint density at radius 1 is 1.38 bits per heavy atom. The number of aromatic amines is 1. The van der Waals surface area contributed by atoms with Crippen LogP contribution in [0.15, 0.2) is 36.5 Å². The van der Waals surface area contributed by atoms with Gasteiger partial charge in [0.15, 0.2) is 0 Å². The number of hydrogen-bond acceptors (Lipinski definition) is 3. The minimum atomic E-state index is 0.723. The Bertz CT molecular complexity index is 525. The second-order valence-electron chi connectivity index (χ2n) is 3.33. The van der Waals surface area contributed by atoms with Crippen molar-refractivity contribution in [3.05, 3.63) is 42.4 Å². The first-order chi connectivity index (χ1) is 7.79. The van der Waals surface area contributed by atoms with Crippen LogP contribution in [0.3, 0.4) is 0 Å². The third-order valence-corrected chi connectivity index (χ3v) is 2.14. The van der Waals surface area contributed by atoms with Crippen molar-refractivity contribution in [2.75, 3.05) is 5.73 Å². The highest BCUT2D eigenvalue weighted by Crippen LogP contribution is 2.19. The van der Waals surface area contributed by atoms with Crippen LogP contribution in [-0.2, 0) is 0 Å². The van der Waals surface area contributed by atoms with Crippen molar-refractivity contribution in [2.24, 2.45) is 0 Å². The lowest BCUT2D eigenvalue weighted by molar-refractivity contribution is 1.27. The number of H-pyrrole nitrogens is 1. The molecule has 0 bridgehead atoms. The van der Waals surface area contributed by atoms with Gasteiger partial charge in [-0.3, -0.25) is 0 Å². The fourth-order valence-electron chi connectivity index (χ4n) is 1.41. The van der Waals surface area contributed by atoms with Crippen LogP contribution in [0.2, 0.25) is 0 Å². The second kappa shape index (κ2) is 4.44. The van der Waals surface area contributed by atoms with Gasteiger partial charge in [0.05, 0.1) is 11.9 Å². The van der Waals surface area contributed by atoms with Crippen molar-refractivity contribution >= 4 is 18.0 Å². The summed E-state index contributed by atoms with van der Waals surface area (Å²) in [7, 11) is 0. The Hall–Kier alpha value is -2.36. The van der Waals surface area contributed by atoms with Crippen molar-refractivity contribution in [1.82, 2.24) is 9.97 Å². The fraction of sp³-hybridized carbons (Fsp3) is 0. The first-order valence-corrected chi connectivity index (χ1v) is 4.87. The smallest absolute Gasteiger partial charge is 0.130 e. The number of nitrogen functional groups attached to an aromatic ring is 1. The van der Waals surface area contributed by atoms with Crippen molar-refractivity contribution in [3.63, 3.8) is 0 Å². The summed E-state index contributed by atoms with van der Waals surface area (Å²) in [6.07, 6.45) is 6.31. The first-order valence-electron chi connectivity index (χ1n) is 4.87. The average Bonchev–Trinajstić information content (AvgIpc) is 2.75. The molecule has 0 atom stereocenters. The number of nitrogens with zero attached hydrogens (tertiary/aromatic N) is 1. The molecular formula is C12H12N4. The number of rotatable bonds is 3. The topological polar surface area (TPSA) is 78.6 Å². The van der Waals surface area contributed by atoms with Crippen LogP contribution in [0.5, 0.6) is 0 Å². The molecule has 2 rings (SSSR count). The predicted octanol–water partition coefficient (Wildman–Crippen LogP) is 2.32. The summed E-state index contributed by atoms with van der Waals surface area (Å²) in [5.41, 5.74) is 8.35. The van der Waals surface area contributed by atoms with Gasteiger partial charge in [0.1, 0.15) is 5.82 Å². The minimum absolute atomic E-state index is 0.723. The zero-order valence-corrected chi connectivity index (χ0v) is 8.64. The maximum atomic E-state index is 6.88. The lowest BCUT2D eigenvalue weighted by Gasteiger charge is -1.98. The summed E-state index contributed by atoms with van der Waals surface area (Å²) < 4.78 is 0. The summed E-state index contributed by atoms with van der Waals surface area (Å²) in [4.78, 5) is 7.31. The lowest BCUT2D eigenvalue weighted by atomic mass is 10.1. The van der Waals surface area contributed by atoms with Gasteiger partial charge in [-0.25, -0.2) is 4.98 Å². The molecule has 0 aliphatic rings. The highest BCUT2D eigenvalue weighted by Gasteiger charge is 2.00. The molecule has 4 heteroatoms. The van der Waals surface area contributed by atoms with Gasteiger partial charge in [0, 0.05) is 17.5 Å². The number of allylic oxidation sites excluding steroid dienone is 1. The van der Waals surface area contributed by atoms with Gasteiger partial charge in [-0.15, -0.1) is 0 Å². The van der Waals surface area contributed by atoms with Gasteiger partial charge in [0.2, 0.25) is 0 Å². The minimum Gasteiger partial charge on any atom is -0.399 e. The molecule has 2 aromatic rings. The van der Waals surface area contributed by atoms with Gasteiger partial charge in [-0.2, -0.15) is 0 Å². The number of aromatic nitrogens is 2. The molecule has 4 N–H and O–H groups in total. The molecule has 4 nitrogen and oxygen atoms in total. The van der Waals surface area contributed by atoms with E-state index in [1.165, 1.54) is 6.21 Å². The number of anilines is 1. The number of hydrogen-bond donors (Lipinski definition) is 3. The van der Waals surface area contributed by atoms with E-state index >= 15 is 0 Å². The maximum Gasteiger partial charge on any atom is 0.130 e. The van der Waals surface area contributed by atoms with Crippen LogP contribution < -0.4 is 5.73 Å². The van der Waals surface area contributed by atoms with Gasteiger partial charge >= 0.3 is 0 Å². The van der Waals surface area contributed by atoms with Gasteiger partial charge in [-0.05, 0) is 24.3 Å². The summed E-state index contributed by atoms with van der Waals surface area (Å²) in [5.74, 6) is 0.723. The van der Waals surface area contributed by atoms with E-state index in [1.54, 1.807) is 18.3 Å². The molecule has 1 aromatic heterocycles. The van der Waals surface area contributed by atoms with E-state index in [2.05, 4.69) is 9.97 Å². The largest absolute Gasteiger partial charge is 0.399 e. The monoisotopic (exact) mass is 212 g/mol. The quantitative estimate of drug-likeness (QED) is 0.539. The van der Waals surface area contributed by atoms with E-state index in [0.29, 0.717) is 0 Å². The Labute approximate surface area is 93.3 Å². The molecule has 0 radical (unpaired) electrons. The van der Waals surface area contributed by atoms with Crippen LogP contribution >= 0.6 is 0 Å². The normalized spacial score (nSPS) is 10.8. The Balaban J connectivity index is 2.31. The molecule has 0 saturated heterocycles. The molecule has 1 heterocycles. The van der Waals surface area contributed by atoms with Crippen LogP contribution in [0, 0.1) is 5.41 Å². The maximum absolute atomic E-state index is 6.88. The standard InChI is InChI=1S/C12H12N4/c13-6-2-5-12-15-8-11(16-12)9-3-1-4-10(14)7-9/h1-8,13H,14H2,(H,15,16)/b5-2-,13-6?. The Morgan fingerprint density at radius 3 is 3.00 bits per heavy atom. The lowest BCUT2D eigenvalue weighted by Crippen LogP contribution is -1.85. The van der Waals surface area contributed by atoms with Crippen molar-refractivity contribution < 1.29 is 0 Å². The van der Waals surface area contributed by atoms with E-state index < -0.39 is 0 Å². The number of nitrogens with one attached hydrogen (secondary N) is 2. The molecule has 0 saturated carbocycles. The fourth-order valence-corrected chi connectivity index (χ4v) is 1.41. The second-order valence-corrected chi connectivity index (χ2v) is 3.33. The average molecular weight is 212 g/mol. The van der Waals surface area contributed by atoms with Crippen molar-refractivity contribution in [3.8, 4) is 11.3 Å². The molecule has 80 valence electrons. The Kier molecular flexibility index (Phi) is 2.82. The van der Waals surface area contributed by atoms with E-state index in [9.17, 15) is 0 Å². The molecule has 16 heavy (non-hydrogen) atoms. The zero-order valence-electron chi connectivity index (χ0n) is 8.64. The molecule has 0 amide bonds. The summed E-state index contributed by atoms with van der Waals surface area (Å²) in [5, 5.41) is 6.88.